The van der Waals surface area contributed by atoms with Crippen LogP contribution in [0.25, 0.3) is 0 Å². The molecule has 0 heterocycles. The maximum Gasteiger partial charge on any atom is 0.405 e. The Bertz CT molecular complexity index is 573. The van der Waals surface area contributed by atoms with Crippen molar-refractivity contribution in [1.29, 1.82) is 0 Å². The SMILES string of the molecule is CCNS(=O)(=O)c1ccc(N)c(N(C)CC(F)(F)F)c1. The number of anilines is 2. The number of sulfonamides is 1. The second-order valence-electron chi connectivity index (χ2n) is 4.19. The topological polar surface area (TPSA) is 75.4 Å². The Morgan fingerprint density at radius 3 is 2.45 bits per heavy atom. The molecule has 0 radical (unpaired) electrons. The van der Waals surface area contributed by atoms with Gasteiger partial charge in [-0.1, -0.05) is 6.92 Å². The third-order valence-electron chi connectivity index (χ3n) is 2.47. The highest BCUT2D eigenvalue weighted by Crippen LogP contribution is 2.28. The predicted octanol–water partition coefficient (Wildman–Crippen LogP) is 1.57. The van der Waals surface area contributed by atoms with Gasteiger partial charge in [-0.05, 0) is 18.2 Å². The summed E-state index contributed by atoms with van der Waals surface area (Å²) < 4.78 is 63.0. The molecule has 0 saturated heterocycles. The van der Waals surface area contributed by atoms with E-state index in [1.165, 1.54) is 19.2 Å². The maximum absolute atomic E-state index is 12.4. The number of rotatable bonds is 5. The van der Waals surface area contributed by atoms with Crippen molar-refractivity contribution >= 4 is 21.4 Å². The van der Waals surface area contributed by atoms with Gasteiger partial charge in [-0.15, -0.1) is 0 Å². The van der Waals surface area contributed by atoms with Crippen molar-refractivity contribution in [2.45, 2.75) is 18.0 Å². The van der Waals surface area contributed by atoms with Crippen LogP contribution in [-0.4, -0.2) is 34.7 Å². The predicted molar refractivity (Wildman–Crippen MR) is 71.0 cm³/mol. The van der Waals surface area contributed by atoms with Gasteiger partial charge >= 0.3 is 6.18 Å². The molecule has 9 heteroatoms. The molecular weight excluding hydrogens is 295 g/mol. The van der Waals surface area contributed by atoms with Crippen LogP contribution in [-0.2, 0) is 10.0 Å². The molecule has 0 aliphatic carbocycles. The zero-order valence-electron chi connectivity index (χ0n) is 11.0. The van der Waals surface area contributed by atoms with E-state index < -0.39 is 22.7 Å². The number of alkyl halides is 3. The van der Waals surface area contributed by atoms with Crippen LogP contribution in [0.4, 0.5) is 24.5 Å². The summed E-state index contributed by atoms with van der Waals surface area (Å²) in [6, 6.07) is 3.64. The molecule has 0 aliphatic heterocycles. The minimum atomic E-state index is -4.41. The Balaban J connectivity index is 3.16. The lowest BCUT2D eigenvalue weighted by molar-refractivity contribution is -0.119. The molecule has 0 amide bonds. The second-order valence-corrected chi connectivity index (χ2v) is 5.96. The molecule has 0 aromatic heterocycles. The van der Waals surface area contributed by atoms with Gasteiger partial charge in [0.1, 0.15) is 6.54 Å². The molecule has 0 aliphatic rings. The Morgan fingerprint density at radius 1 is 1.35 bits per heavy atom. The van der Waals surface area contributed by atoms with Crippen LogP contribution >= 0.6 is 0 Å². The lowest BCUT2D eigenvalue weighted by Gasteiger charge is -2.23. The van der Waals surface area contributed by atoms with Crippen molar-refractivity contribution in [2.24, 2.45) is 0 Å². The number of benzene rings is 1. The molecule has 0 unspecified atom stereocenters. The van der Waals surface area contributed by atoms with Gasteiger partial charge in [0.15, 0.2) is 0 Å². The summed E-state index contributed by atoms with van der Waals surface area (Å²) in [5.74, 6) is 0. The van der Waals surface area contributed by atoms with Crippen molar-refractivity contribution in [1.82, 2.24) is 4.72 Å². The quantitative estimate of drug-likeness (QED) is 0.809. The first kappa shape index (κ1) is 16.6. The molecule has 114 valence electrons. The first-order valence-corrected chi connectivity index (χ1v) is 7.22. The molecule has 1 rings (SSSR count). The average Bonchev–Trinajstić information content (AvgIpc) is 2.26. The molecule has 0 spiro atoms. The highest BCUT2D eigenvalue weighted by Gasteiger charge is 2.30. The van der Waals surface area contributed by atoms with Crippen molar-refractivity contribution in [3.05, 3.63) is 18.2 Å². The number of nitrogens with one attached hydrogen (secondary N) is 1. The lowest BCUT2D eigenvalue weighted by Crippen LogP contribution is -2.31. The van der Waals surface area contributed by atoms with E-state index in [0.29, 0.717) is 0 Å². The van der Waals surface area contributed by atoms with Crippen molar-refractivity contribution < 1.29 is 21.6 Å². The minimum Gasteiger partial charge on any atom is -0.397 e. The van der Waals surface area contributed by atoms with Crippen LogP contribution in [0.5, 0.6) is 0 Å². The van der Waals surface area contributed by atoms with E-state index >= 15 is 0 Å². The number of halogens is 3. The van der Waals surface area contributed by atoms with Gasteiger partial charge in [0.25, 0.3) is 0 Å². The van der Waals surface area contributed by atoms with Gasteiger partial charge in [0.2, 0.25) is 10.0 Å². The van der Waals surface area contributed by atoms with E-state index in [-0.39, 0.29) is 22.8 Å². The zero-order valence-corrected chi connectivity index (χ0v) is 11.8. The maximum atomic E-state index is 12.4. The molecule has 0 atom stereocenters. The van der Waals surface area contributed by atoms with Gasteiger partial charge in [0.05, 0.1) is 16.3 Å². The van der Waals surface area contributed by atoms with Crippen LogP contribution < -0.4 is 15.4 Å². The average molecular weight is 311 g/mol. The summed E-state index contributed by atoms with van der Waals surface area (Å²) in [5.41, 5.74) is 5.69. The largest absolute Gasteiger partial charge is 0.405 e. The highest BCUT2D eigenvalue weighted by atomic mass is 32.2. The van der Waals surface area contributed by atoms with E-state index in [0.717, 1.165) is 11.0 Å². The lowest BCUT2D eigenvalue weighted by atomic mass is 10.2. The fourth-order valence-corrected chi connectivity index (χ4v) is 2.71. The van der Waals surface area contributed by atoms with E-state index in [4.69, 9.17) is 5.73 Å². The molecule has 3 N–H and O–H groups in total. The number of nitrogen functional groups attached to an aromatic ring is 1. The van der Waals surface area contributed by atoms with Gasteiger partial charge in [-0.25, -0.2) is 13.1 Å². The van der Waals surface area contributed by atoms with E-state index in [1.54, 1.807) is 6.92 Å². The number of nitrogens with zero attached hydrogens (tertiary/aromatic N) is 1. The fourth-order valence-electron chi connectivity index (χ4n) is 1.65. The zero-order chi connectivity index (χ0) is 15.6. The summed E-state index contributed by atoms with van der Waals surface area (Å²) in [5, 5.41) is 0. The standard InChI is InChI=1S/C11H16F3N3O2S/c1-3-16-20(18,19)8-4-5-9(15)10(6-8)17(2)7-11(12,13)14/h4-6,16H,3,7,15H2,1-2H3. The van der Waals surface area contributed by atoms with E-state index in [2.05, 4.69) is 4.72 Å². The van der Waals surface area contributed by atoms with E-state index in [1.807, 2.05) is 0 Å². The van der Waals surface area contributed by atoms with Crippen LogP contribution in [0.2, 0.25) is 0 Å². The second kappa shape index (κ2) is 5.88. The minimum absolute atomic E-state index is 0.0151. The smallest absolute Gasteiger partial charge is 0.397 e. The number of hydrogen-bond acceptors (Lipinski definition) is 4. The molecule has 0 fully saturated rings. The van der Waals surface area contributed by atoms with Crippen LogP contribution in [0.3, 0.4) is 0 Å². The van der Waals surface area contributed by atoms with Crippen LogP contribution in [0.1, 0.15) is 6.92 Å². The Labute approximate surface area is 115 Å². The monoisotopic (exact) mass is 311 g/mol. The Morgan fingerprint density at radius 2 is 1.95 bits per heavy atom. The summed E-state index contributed by atoms with van der Waals surface area (Å²) >= 11 is 0. The third kappa shape index (κ3) is 4.27. The molecule has 0 bridgehead atoms. The van der Waals surface area contributed by atoms with Gasteiger partial charge in [0, 0.05) is 13.6 Å². The highest BCUT2D eigenvalue weighted by molar-refractivity contribution is 7.89. The van der Waals surface area contributed by atoms with Gasteiger partial charge in [-0.2, -0.15) is 13.2 Å². The summed E-state index contributed by atoms with van der Waals surface area (Å²) in [6.07, 6.45) is -4.41. The molecule has 1 aromatic carbocycles. The molecule has 5 nitrogen and oxygen atoms in total. The van der Waals surface area contributed by atoms with Crippen LogP contribution in [0.15, 0.2) is 23.1 Å². The summed E-state index contributed by atoms with van der Waals surface area (Å²) in [7, 11) is -2.54. The molecule has 0 saturated carbocycles. The molecular formula is C11H16F3N3O2S. The van der Waals surface area contributed by atoms with Gasteiger partial charge < -0.3 is 10.6 Å². The molecule has 20 heavy (non-hydrogen) atoms. The Kier molecular flexibility index (Phi) is 4.87. The number of nitrogens with two attached hydrogens (primary N) is 1. The summed E-state index contributed by atoms with van der Waals surface area (Å²) in [4.78, 5) is 0.734. The number of hydrogen-bond donors (Lipinski definition) is 2. The van der Waals surface area contributed by atoms with Gasteiger partial charge in [-0.3, -0.25) is 0 Å². The first-order valence-electron chi connectivity index (χ1n) is 5.74. The summed E-state index contributed by atoms with van der Waals surface area (Å²) in [6.45, 7) is 0.563. The molecule has 1 aromatic rings. The third-order valence-corrected chi connectivity index (χ3v) is 4.02. The Hall–Kier alpha value is -1.48. The normalized spacial score (nSPS) is 12.4. The first-order chi connectivity index (χ1) is 9.07. The van der Waals surface area contributed by atoms with E-state index in [9.17, 15) is 21.6 Å². The van der Waals surface area contributed by atoms with Crippen LogP contribution in [0, 0.1) is 0 Å². The van der Waals surface area contributed by atoms with Crippen molar-refractivity contribution in [3.63, 3.8) is 0 Å². The van der Waals surface area contributed by atoms with Crippen molar-refractivity contribution in [2.75, 3.05) is 30.8 Å². The fraction of sp³-hybridized carbons (Fsp3) is 0.455. The van der Waals surface area contributed by atoms with Crippen molar-refractivity contribution in [3.8, 4) is 0 Å².